The molecule has 1 aromatic rings. The van der Waals surface area contributed by atoms with E-state index in [9.17, 15) is 9.00 Å². The fourth-order valence-electron chi connectivity index (χ4n) is 1.51. The molecule has 5 heteroatoms. The Morgan fingerprint density at radius 2 is 2.11 bits per heavy atom. The number of nitrogen functional groups attached to an aromatic ring is 1. The summed E-state index contributed by atoms with van der Waals surface area (Å²) in [5.41, 5.74) is 7.59. The maximum absolute atomic E-state index is 11.4. The third-order valence-corrected chi connectivity index (χ3v) is 3.18. The summed E-state index contributed by atoms with van der Waals surface area (Å²) in [6, 6.07) is 7.61. The normalized spacial score (nSPS) is 9.83. The maximum Gasteiger partial charge on any atom is 0.347 e. The molecule has 18 heavy (non-hydrogen) atoms. The van der Waals surface area contributed by atoms with Gasteiger partial charge >= 0.3 is 5.97 Å². The number of para-hydroxylation sites is 1. The molecular formula is C13H17NO3S. The van der Waals surface area contributed by atoms with Crippen LogP contribution in [-0.4, -0.2) is 21.6 Å². The molecular weight excluding hydrogens is 250 g/mol. The molecule has 4 nitrogen and oxygen atoms in total. The molecule has 0 atom stereocenters. The van der Waals surface area contributed by atoms with Crippen LogP contribution in [0.4, 0.5) is 5.69 Å². The Morgan fingerprint density at radius 1 is 1.39 bits per heavy atom. The smallest absolute Gasteiger partial charge is 0.347 e. The second-order valence-electron chi connectivity index (χ2n) is 3.80. The Kier molecular flexibility index (Phi) is 6.14. The molecule has 0 aliphatic carbocycles. The number of carbonyl (C=O) groups excluding carboxylic acids is 1. The van der Waals surface area contributed by atoms with Crippen LogP contribution in [-0.2, 0) is 27.2 Å². The number of hydrogen-bond acceptors (Lipinski definition) is 4. The zero-order valence-electron chi connectivity index (χ0n) is 10.3. The maximum atomic E-state index is 11.4. The van der Waals surface area contributed by atoms with Crippen molar-refractivity contribution in [3.63, 3.8) is 0 Å². The predicted octanol–water partition coefficient (Wildman–Crippen LogP) is 1.54. The third-order valence-electron chi connectivity index (χ3n) is 2.53. The van der Waals surface area contributed by atoms with Crippen LogP contribution in [0, 0.1) is 0 Å². The summed E-state index contributed by atoms with van der Waals surface area (Å²) >= 11 is 0.207. The largest absolute Gasteiger partial charge is 0.462 e. The van der Waals surface area contributed by atoms with Crippen LogP contribution >= 0.6 is 0 Å². The number of hydrogen-bond donors (Lipinski definition) is 1. The molecule has 0 bridgehead atoms. The molecule has 0 aromatic heterocycles. The van der Waals surface area contributed by atoms with Gasteiger partial charge in [-0.15, -0.1) is 0 Å². The van der Waals surface area contributed by atoms with Crippen molar-refractivity contribution in [2.24, 2.45) is 0 Å². The summed E-state index contributed by atoms with van der Waals surface area (Å²) in [4.78, 5) is 11.6. The van der Waals surface area contributed by atoms with Crippen LogP contribution in [0.5, 0.6) is 0 Å². The first-order valence-electron chi connectivity index (χ1n) is 5.85. The minimum atomic E-state index is -0.501. The molecule has 2 N–H and O–H groups in total. The molecule has 0 fully saturated rings. The van der Waals surface area contributed by atoms with Gasteiger partial charge in [0.25, 0.3) is 0 Å². The number of carbonyl (C=O) groups is 1. The summed E-state index contributed by atoms with van der Waals surface area (Å²) < 4.78 is 15.6. The van der Waals surface area contributed by atoms with Gasteiger partial charge in [-0.1, -0.05) is 25.1 Å². The zero-order valence-corrected chi connectivity index (χ0v) is 11.2. The molecule has 0 radical (unpaired) electrons. The van der Waals surface area contributed by atoms with Gasteiger partial charge in [0.15, 0.2) is 0 Å². The fourth-order valence-corrected chi connectivity index (χ4v) is 1.75. The standard InChI is InChI=1S/C13H17NO3S/c1-2-12(18-16)13(15)17-9-5-7-10-6-3-4-8-11(10)14/h3-4,6,8H,2,5,7,9,14H2,1H3. The van der Waals surface area contributed by atoms with Crippen molar-refractivity contribution < 1.29 is 13.7 Å². The van der Waals surface area contributed by atoms with Crippen LogP contribution in [0.15, 0.2) is 24.3 Å². The molecule has 0 spiro atoms. The number of aryl methyl sites for hydroxylation is 1. The fraction of sp³-hybridized carbons (Fsp3) is 0.385. The molecule has 0 aliphatic rings. The number of esters is 1. The number of anilines is 1. The molecule has 0 aliphatic heterocycles. The summed E-state index contributed by atoms with van der Waals surface area (Å²) in [6.07, 6.45) is 1.87. The van der Waals surface area contributed by atoms with Gasteiger partial charge in [-0.05, 0) is 30.9 Å². The topological polar surface area (TPSA) is 69.4 Å². The highest BCUT2D eigenvalue weighted by atomic mass is 32.1. The van der Waals surface area contributed by atoms with E-state index in [0.717, 1.165) is 17.7 Å². The van der Waals surface area contributed by atoms with E-state index in [1.807, 2.05) is 24.3 Å². The SMILES string of the molecule is CCC(=S=O)C(=O)OCCCc1ccccc1N. The predicted molar refractivity (Wildman–Crippen MR) is 73.6 cm³/mol. The Morgan fingerprint density at radius 3 is 2.72 bits per heavy atom. The lowest BCUT2D eigenvalue weighted by Gasteiger charge is -2.06. The molecule has 0 saturated carbocycles. The van der Waals surface area contributed by atoms with Crippen molar-refractivity contribution in [2.75, 3.05) is 12.3 Å². The number of nitrogens with two attached hydrogens (primary N) is 1. The van der Waals surface area contributed by atoms with Crippen LogP contribution in [0.2, 0.25) is 0 Å². The van der Waals surface area contributed by atoms with Gasteiger partial charge in [0.1, 0.15) is 4.86 Å². The van der Waals surface area contributed by atoms with Crippen LogP contribution in [0.1, 0.15) is 25.3 Å². The molecule has 0 amide bonds. The van der Waals surface area contributed by atoms with Crippen molar-refractivity contribution >= 4 is 27.8 Å². The second kappa shape index (κ2) is 7.66. The van der Waals surface area contributed by atoms with Crippen molar-refractivity contribution in [1.29, 1.82) is 0 Å². The zero-order chi connectivity index (χ0) is 13.4. The lowest BCUT2D eigenvalue weighted by atomic mass is 10.1. The van der Waals surface area contributed by atoms with Gasteiger partial charge in [0.2, 0.25) is 0 Å². The molecule has 98 valence electrons. The molecule has 1 aromatic carbocycles. The van der Waals surface area contributed by atoms with Gasteiger partial charge in [0.05, 0.1) is 17.9 Å². The monoisotopic (exact) mass is 267 g/mol. The summed E-state index contributed by atoms with van der Waals surface area (Å²) in [6.45, 7) is 2.06. The highest BCUT2D eigenvalue weighted by molar-refractivity contribution is 7.68. The quantitative estimate of drug-likeness (QED) is 0.367. The van der Waals surface area contributed by atoms with E-state index in [4.69, 9.17) is 10.5 Å². The second-order valence-corrected chi connectivity index (χ2v) is 4.46. The van der Waals surface area contributed by atoms with Gasteiger partial charge in [0, 0.05) is 5.69 Å². The van der Waals surface area contributed by atoms with E-state index in [1.165, 1.54) is 0 Å². The molecule has 1 rings (SSSR count). The lowest BCUT2D eigenvalue weighted by Crippen LogP contribution is -2.17. The Bertz CT molecular complexity index is 467. The van der Waals surface area contributed by atoms with Crippen molar-refractivity contribution in [3.05, 3.63) is 29.8 Å². The van der Waals surface area contributed by atoms with E-state index in [0.29, 0.717) is 19.4 Å². The van der Waals surface area contributed by atoms with Crippen molar-refractivity contribution in [2.45, 2.75) is 26.2 Å². The van der Waals surface area contributed by atoms with Gasteiger partial charge in [-0.25, -0.2) is 9.00 Å². The first kappa shape index (κ1) is 14.4. The van der Waals surface area contributed by atoms with E-state index < -0.39 is 5.97 Å². The third kappa shape index (κ3) is 4.33. The van der Waals surface area contributed by atoms with E-state index in [1.54, 1.807) is 6.92 Å². The van der Waals surface area contributed by atoms with E-state index in [-0.39, 0.29) is 16.1 Å². The van der Waals surface area contributed by atoms with Gasteiger partial charge in [-0.2, -0.15) is 0 Å². The van der Waals surface area contributed by atoms with E-state index in [2.05, 4.69) is 0 Å². The van der Waals surface area contributed by atoms with Crippen LogP contribution in [0.25, 0.3) is 0 Å². The summed E-state index contributed by atoms with van der Waals surface area (Å²) in [7, 11) is 0. The first-order valence-corrected chi connectivity index (χ1v) is 6.59. The Hall–Kier alpha value is -1.62. The molecule has 0 unspecified atom stereocenters. The lowest BCUT2D eigenvalue weighted by molar-refractivity contribution is -0.135. The minimum absolute atomic E-state index is 0.207. The molecule has 0 saturated heterocycles. The Labute approximate surface area is 110 Å². The molecule has 0 heterocycles. The average Bonchev–Trinajstić information content (AvgIpc) is 2.38. The first-order chi connectivity index (χ1) is 8.69. The average molecular weight is 267 g/mol. The number of rotatable bonds is 6. The number of ether oxygens (including phenoxy) is 1. The van der Waals surface area contributed by atoms with Crippen LogP contribution < -0.4 is 5.73 Å². The Balaban J connectivity index is 2.34. The highest BCUT2D eigenvalue weighted by Crippen LogP contribution is 2.12. The summed E-state index contributed by atoms with van der Waals surface area (Å²) in [5.74, 6) is -0.501. The number of benzene rings is 1. The van der Waals surface area contributed by atoms with Gasteiger partial charge < -0.3 is 10.5 Å². The highest BCUT2D eigenvalue weighted by Gasteiger charge is 2.09. The summed E-state index contributed by atoms with van der Waals surface area (Å²) in [5, 5.41) is 0. The van der Waals surface area contributed by atoms with Crippen LogP contribution in [0.3, 0.4) is 0 Å². The van der Waals surface area contributed by atoms with Crippen molar-refractivity contribution in [1.82, 2.24) is 0 Å². The minimum Gasteiger partial charge on any atom is -0.462 e. The van der Waals surface area contributed by atoms with Gasteiger partial charge in [-0.3, -0.25) is 0 Å². The van der Waals surface area contributed by atoms with Crippen molar-refractivity contribution in [3.8, 4) is 0 Å². The van der Waals surface area contributed by atoms with E-state index >= 15 is 0 Å².